The zero-order valence-electron chi connectivity index (χ0n) is 14.0. The number of guanidine groups is 2. The van der Waals surface area contributed by atoms with Crippen LogP contribution in [0, 0.1) is 6.92 Å². The van der Waals surface area contributed by atoms with Gasteiger partial charge in [0.15, 0.2) is 11.7 Å². The predicted octanol–water partition coefficient (Wildman–Crippen LogP) is 1.22. The number of esters is 1. The average Bonchev–Trinajstić information content (AvgIpc) is 2.93. The van der Waals surface area contributed by atoms with E-state index in [1.807, 2.05) is 0 Å². The van der Waals surface area contributed by atoms with Crippen LogP contribution >= 0.6 is 11.6 Å². The molecule has 0 saturated heterocycles. The van der Waals surface area contributed by atoms with Crippen molar-refractivity contribution in [1.29, 1.82) is 0 Å². The number of carbonyl (C=O) groups excluding carboxylic acids is 1. The molecule has 0 aliphatic carbocycles. The SMILES string of the molecule is COC(=O)c1noc(C)c1COc1ccc(N=C(N)N=C(N)N)cc1Cl. The van der Waals surface area contributed by atoms with Gasteiger partial charge >= 0.3 is 5.97 Å². The van der Waals surface area contributed by atoms with Gasteiger partial charge in [0.05, 0.1) is 23.4 Å². The monoisotopic (exact) mass is 380 g/mol. The molecule has 0 spiro atoms. The Morgan fingerprint density at radius 3 is 2.69 bits per heavy atom. The summed E-state index contributed by atoms with van der Waals surface area (Å²) < 4.78 is 15.3. The summed E-state index contributed by atoms with van der Waals surface area (Å²) in [5.74, 6) is -0.137. The molecule has 10 nitrogen and oxygen atoms in total. The minimum Gasteiger partial charge on any atom is -0.487 e. The number of nitrogens with zero attached hydrogens (tertiary/aromatic N) is 3. The Balaban J connectivity index is 2.16. The van der Waals surface area contributed by atoms with Crippen molar-refractivity contribution in [3.63, 3.8) is 0 Å². The lowest BCUT2D eigenvalue weighted by Crippen LogP contribution is -2.26. The van der Waals surface area contributed by atoms with Gasteiger partial charge in [-0.25, -0.2) is 9.79 Å². The molecule has 138 valence electrons. The average molecular weight is 381 g/mol. The van der Waals surface area contributed by atoms with Gasteiger partial charge in [-0.05, 0) is 25.1 Å². The number of carbonyl (C=O) groups is 1. The molecule has 6 N–H and O–H groups in total. The van der Waals surface area contributed by atoms with Crippen molar-refractivity contribution in [2.45, 2.75) is 13.5 Å². The van der Waals surface area contributed by atoms with Crippen molar-refractivity contribution in [2.75, 3.05) is 7.11 Å². The molecule has 0 saturated carbocycles. The maximum atomic E-state index is 11.7. The number of methoxy groups -OCH3 is 1. The third-order valence-corrected chi connectivity index (χ3v) is 3.43. The molecule has 0 atom stereocenters. The summed E-state index contributed by atoms with van der Waals surface area (Å²) in [7, 11) is 1.25. The normalized spacial score (nSPS) is 11.1. The van der Waals surface area contributed by atoms with Crippen LogP contribution in [-0.4, -0.2) is 30.2 Å². The van der Waals surface area contributed by atoms with Crippen molar-refractivity contribution in [1.82, 2.24) is 5.16 Å². The zero-order valence-corrected chi connectivity index (χ0v) is 14.8. The predicted molar refractivity (Wildman–Crippen MR) is 95.5 cm³/mol. The van der Waals surface area contributed by atoms with E-state index >= 15 is 0 Å². The van der Waals surface area contributed by atoms with Crippen LogP contribution in [0.4, 0.5) is 5.69 Å². The van der Waals surface area contributed by atoms with Crippen molar-refractivity contribution < 1.29 is 18.8 Å². The number of ether oxygens (including phenoxy) is 2. The van der Waals surface area contributed by atoms with E-state index in [1.54, 1.807) is 19.1 Å². The maximum absolute atomic E-state index is 11.7. The third-order valence-electron chi connectivity index (χ3n) is 3.14. The lowest BCUT2D eigenvalue weighted by atomic mass is 10.2. The van der Waals surface area contributed by atoms with Crippen LogP contribution < -0.4 is 21.9 Å². The van der Waals surface area contributed by atoms with E-state index in [9.17, 15) is 4.79 Å². The molecule has 1 aromatic heterocycles. The molecule has 2 aromatic rings. The first kappa shape index (κ1) is 19.1. The highest BCUT2D eigenvalue weighted by Crippen LogP contribution is 2.30. The van der Waals surface area contributed by atoms with Gasteiger partial charge < -0.3 is 31.2 Å². The molecule has 2 rings (SSSR count). The van der Waals surface area contributed by atoms with Gasteiger partial charge in [-0.2, -0.15) is 4.99 Å². The molecule has 0 radical (unpaired) electrons. The van der Waals surface area contributed by atoms with E-state index in [2.05, 4.69) is 19.9 Å². The first-order chi connectivity index (χ1) is 12.3. The fourth-order valence-corrected chi connectivity index (χ4v) is 2.16. The largest absolute Gasteiger partial charge is 0.487 e. The Bertz CT molecular complexity index is 873. The molecule has 0 fully saturated rings. The highest BCUT2D eigenvalue weighted by molar-refractivity contribution is 6.32. The Hall–Kier alpha value is -3.27. The number of nitrogens with two attached hydrogens (primary N) is 3. The maximum Gasteiger partial charge on any atom is 0.360 e. The Morgan fingerprint density at radius 2 is 2.08 bits per heavy atom. The molecule has 0 amide bonds. The summed E-state index contributed by atoms with van der Waals surface area (Å²) in [6.07, 6.45) is 0. The fraction of sp³-hybridized carbons (Fsp3) is 0.200. The summed E-state index contributed by atoms with van der Waals surface area (Å²) in [6.45, 7) is 1.67. The highest BCUT2D eigenvalue weighted by atomic mass is 35.5. The van der Waals surface area contributed by atoms with Crippen molar-refractivity contribution in [3.05, 3.63) is 40.2 Å². The molecule has 1 heterocycles. The van der Waals surface area contributed by atoms with Crippen LogP contribution in [0.1, 0.15) is 21.8 Å². The fourth-order valence-electron chi connectivity index (χ4n) is 1.93. The number of aromatic nitrogens is 1. The molecule has 11 heteroatoms. The number of hydrogen-bond donors (Lipinski definition) is 3. The Kier molecular flexibility index (Phi) is 6.02. The number of rotatable bonds is 5. The topological polar surface area (TPSA) is 164 Å². The third kappa shape index (κ3) is 4.63. The Labute approximate surface area is 153 Å². The lowest BCUT2D eigenvalue weighted by Gasteiger charge is -2.08. The van der Waals surface area contributed by atoms with Crippen molar-refractivity contribution >= 4 is 35.2 Å². The van der Waals surface area contributed by atoms with Gasteiger partial charge in [-0.1, -0.05) is 16.8 Å². The van der Waals surface area contributed by atoms with Gasteiger partial charge in [0.2, 0.25) is 5.96 Å². The van der Waals surface area contributed by atoms with Gasteiger partial charge in [-0.3, -0.25) is 0 Å². The van der Waals surface area contributed by atoms with Crippen LogP contribution in [0.5, 0.6) is 5.75 Å². The quantitative estimate of drug-likeness (QED) is 0.395. The lowest BCUT2D eigenvalue weighted by molar-refractivity contribution is 0.0586. The van der Waals surface area contributed by atoms with Crippen LogP contribution in [0.25, 0.3) is 0 Å². The summed E-state index contributed by atoms with van der Waals surface area (Å²) >= 11 is 6.18. The molecule has 0 aliphatic rings. The Morgan fingerprint density at radius 1 is 1.35 bits per heavy atom. The molecular formula is C15H17ClN6O4. The van der Waals surface area contributed by atoms with Gasteiger partial charge in [0, 0.05) is 0 Å². The second-order valence-corrected chi connectivity index (χ2v) is 5.37. The van der Waals surface area contributed by atoms with E-state index < -0.39 is 5.97 Å². The number of benzene rings is 1. The van der Waals surface area contributed by atoms with Gasteiger partial charge in [-0.15, -0.1) is 0 Å². The van der Waals surface area contributed by atoms with Gasteiger partial charge in [0.1, 0.15) is 18.1 Å². The molecule has 1 aromatic carbocycles. The van der Waals surface area contributed by atoms with E-state index in [-0.39, 0.29) is 29.2 Å². The number of aliphatic imine (C=N–C) groups is 2. The van der Waals surface area contributed by atoms with E-state index in [0.29, 0.717) is 22.8 Å². The zero-order chi connectivity index (χ0) is 19.3. The minimum atomic E-state index is -0.619. The number of aryl methyl sites for hydroxylation is 1. The van der Waals surface area contributed by atoms with Crippen LogP contribution in [0.3, 0.4) is 0 Å². The molecule has 0 bridgehead atoms. The molecule has 26 heavy (non-hydrogen) atoms. The highest BCUT2D eigenvalue weighted by Gasteiger charge is 2.21. The summed E-state index contributed by atoms with van der Waals surface area (Å²) in [5.41, 5.74) is 16.9. The van der Waals surface area contributed by atoms with Crippen LogP contribution in [-0.2, 0) is 11.3 Å². The van der Waals surface area contributed by atoms with Crippen molar-refractivity contribution in [2.24, 2.45) is 27.2 Å². The van der Waals surface area contributed by atoms with E-state index in [4.69, 9.17) is 38.1 Å². The summed E-state index contributed by atoms with van der Waals surface area (Å²) in [5, 5.41) is 3.94. The molecule has 0 aliphatic heterocycles. The molecule has 0 unspecified atom stereocenters. The van der Waals surface area contributed by atoms with Crippen LogP contribution in [0.2, 0.25) is 5.02 Å². The van der Waals surface area contributed by atoms with E-state index in [0.717, 1.165) is 0 Å². The second kappa shape index (κ2) is 8.21. The standard InChI is InChI=1S/C15H17ClN6O4/c1-7-9(12(22-26-7)13(23)24-2)6-25-11-4-3-8(5-10(11)16)20-15(19)21-14(17)18/h3-5H,6H2,1-2H3,(H6,17,18,19,20,21). The first-order valence-electron chi connectivity index (χ1n) is 7.21. The summed E-state index contributed by atoms with van der Waals surface area (Å²) in [6, 6.07) is 4.72. The second-order valence-electron chi connectivity index (χ2n) is 4.97. The minimum absolute atomic E-state index is 0.0121. The smallest absolute Gasteiger partial charge is 0.360 e. The molecular weight excluding hydrogens is 364 g/mol. The van der Waals surface area contributed by atoms with E-state index in [1.165, 1.54) is 13.2 Å². The first-order valence-corrected chi connectivity index (χ1v) is 7.59. The van der Waals surface area contributed by atoms with Crippen molar-refractivity contribution in [3.8, 4) is 5.75 Å². The number of hydrogen-bond acceptors (Lipinski definition) is 6. The van der Waals surface area contributed by atoms with Crippen LogP contribution in [0.15, 0.2) is 32.7 Å². The summed E-state index contributed by atoms with van der Waals surface area (Å²) in [4.78, 5) is 19.3. The van der Waals surface area contributed by atoms with Gasteiger partial charge in [0.25, 0.3) is 0 Å². The number of halogens is 1.